The molecule has 21 heavy (non-hydrogen) atoms. The van der Waals surface area contributed by atoms with Gasteiger partial charge in [0.05, 0.1) is 0 Å². The molecule has 0 bridgehead atoms. The fraction of sp³-hybridized carbons (Fsp3) is 0.875. The zero-order valence-electron chi connectivity index (χ0n) is 13.9. The van der Waals surface area contributed by atoms with Gasteiger partial charge in [0.15, 0.2) is 0 Å². The van der Waals surface area contributed by atoms with Crippen molar-refractivity contribution in [2.75, 3.05) is 0 Å². The molecule has 0 aromatic rings. The summed E-state index contributed by atoms with van der Waals surface area (Å²) in [7, 11) is 0. The third-order valence-electron chi connectivity index (χ3n) is 5.24. The van der Waals surface area contributed by atoms with Crippen LogP contribution in [0.15, 0.2) is 0 Å². The lowest BCUT2D eigenvalue weighted by atomic mass is 9.61. The largest absolute Gasteiger partial charge is 0.481 e. The van der Waals surface area contributed by atoms with Crippen molar-refractivity contribution >= 4 is 11.9 Å². The minimum absolute atomic E-state index is 0.0224. The molecule has 5 nitrogen and oxygen atoms in total. The average Bonchev–Trinajstić information content (AvgIpc) is 2.33. The molecule has 122 valence electrons. The highest BCUT2D eigenvalue weighted by Crippen LogP contribution is 2.44. The smallest absolute Gasteiger partial charge is 0.303 e. The minimum Gasteiger partial charge on any atom is -0.481 e. The molecule has 0 heterocycles. The number of carbonyl (C=O) groups is 2. The molecule has 3 unspecified atom stereocenters. The van der Waals surface area contributed by atoms with Gasteiger partial charge in [0, 0.05) is 23.9 Å². The molecule has 1 rings (SSSR count). The maximum atomic E-state index is 12.6. The Morgan fingerprint density at radius 1 is 1.33 bits per heavy atom. The van der Waals surface area contributed by atoms with E-state index in [4.69, 9.17) is 10.8 Å². The van der Waals surface area contributed by atoms with E-state index in [0.29, 0.717) is 6.42 Å². The van der Waals surface area contributed by atoms with Crippen molar-refractivity contribution in [2.45, 2.75) is 71.9 Å². The van der Waals surface area contributed by atoms with Gasteiger partial charge in [-0.3, -0.25) is 9.59 Å². The molecule has 4 N–H and O–H groups in total. The number of carbonyl (C=O) groups excluding carboxylic acids is 1. The number of carboxylic acid groups (broad SMARTS) is 1. The zero-order chi connectivity index (χ0) is 16.4. The second-order valence-electron chi connectivity index (χ2n) is 7.67. The van der Waals surface area contributed by atoms with Crippen molar-refractivity contribution in [3.63, 3.8) is 0 Å². The first-order chi connectivity index (χ1) is 9.47. The van der Waals surface area contributed by atoms with Gasteiger partial charge >= 0.3 is 5.97 Å². The summed E-state index contributed by atoms with van der Waals surface area (Å²) in [6.45, 7) is 10.1. The molecule has 0 radical (unpaired) electrons. The number of nitrogens with one attached hydrogen (secondary N) is 1. The standard InChI is InChI=1S/C16H30N2O3/c1-10-12(17)7-6-11(16(10,4)5)14(21)18-15(2,3)9-8-13(19)20/h10-12H,6-9,17H2,1-5H3,(H,18,21)(H,19,20). The molecule has 1 fully saturated rings. The van der Waals surface area contributed by atoms with Crippen molar-refractivity contribution in [1.29, 1.82) is 0 Å². The van der Waals surface area contributed by atoms with Crippen LogP contribution in [-0.2, 0) is 9.59 Å². The Bertz CT molecular complexity index is 404. The third-order valence-corrected chi connectivity index (χ3v) is 5.24. The van der Waals surface area contributed by atoms with E-state index in [1.807, 2.05) is 13.8 Å². The molecule has 1 aliphatic rings. The second kappa shape index (κ2) is 6.34. The van der Waals surface area contributed by atoms with Crippen molar-refractivity contribution in [3.05, 3.63) is 0 Å². The van der Waals surface area contributed by atoms with Gasteiger partial charge in [-0.05, 0) is 44.4 Å². The van der Waals surface area contributed by atoms with Crippen LogP contribution < -0.4 is 11.1 Å². The van der Waals surface area contributed by atoms with Crippen LogP contribution in [0.5, 0.6) is 0 Å². The Labute approximate surface area is 127 Å². The molecule has 0 aliphatic heterocycles. The summed E-state index contributed by atoms with van der Waals surface area (Å²) in [5, 5.41) is 11.8. The summed E-state index contributed by atoms with van der Waals surface area (Å²) >= 11 is 0. The number of hydrogen-bond donors (Lipinski definition) is 3. The Hall–Kier alpha value is -1.10. The number of aliphatic carboxylic acids is 1. The van der Waals surface area contributed by atoms with Gasteiger partial charge in [-0.15, -0.1) is 0 Å². The van der Waals surface area contributed by atoms with Crippen LogP contribution in [0.3, 0.4) is 0 Å². The number of amides is 1. The predicted octanol–water partition coefficient (Wildman–Crippen LogP) is 2.15. The molecule has 0 saturated heterocycles. The number of carboxylic acids is 1. The lowest BCUT2D eigenvalue weighted by Crippen LogP contribution is -2.55. The monoisotopic (exact) mass is 298 g/mol. The van der Waals surface area contributed by atoms with E-state index in [0.717, 1.165) is 12.8 Å². The Morgan fingerprint density at radius 2 is 1.90 bits per heavy atom. The molecular formula is C16H30N2O3. The summed E-state index contributed by atoms with van der Waals surface area (Å²) in [6.07, 6.45) is 2.14. The molecule has 0 aromatic heterocycles. The van der Waals surface area contributed by atoms with E-state index in [9.17, 15) is 9.59 Å². The van der Waals surface area contributed by atoms with Gasteiger partial charge < -0.3 is 16.2 Å². The van der Waals surface area contributed by atoms with Crippen molar-refractivity contribution in [3.8, 4) is 0 Å². The van der Waals surface area contributed by atoms with Crippen LogP contribution in [0.25, 0.3) is 0 Å². The van der Waals surface area contributed by atoms with Crippen LogP contribution >= 0.6 is 0 Å². The summed E-state index contributed by atoms with van der Waals surface area (Å²) < 4.78 is 0. The molecule has 0 aromatic carbocycles. The minimum atomic E-state index is -0.838. The second-order valence-corrected chi connectivity index (χ2v) is 7.67. The number of hydrogen-bond acceptors (Lipinski definition) is 3. The van der Waals surface area contributed by atoms with Gasteiger partial charge in [0.1, 0.15) is 0 Å². The highest BCUT2D eigenvalue weighted by Gasteiger charge is 2.45. The van der Waals surface area contributed by atoms with E-state index in [1.165, 1.54) is 0 Å². The van der Waals surface area contributed by atoms with E-state index < -0.39 is 11.5 Å². The molecule has 5 heteroatoms. The molecular weight excluding hydrogens is 268 g/mol. The first-order valence-corrected chi connectivity index (χ1v) is 7.77. The molecule has 1 saturated carbocycles. The molecule has 1 amide bonds. The van der Waals surface area contributed by atoms with Crippen LogP contribution in [0.1, 0.15) is 60.3 Å². The van der Waals surface area contributed by atoms with Gasteiger partial charge in [0.25, 0.3) is 0 Å². The number of nitrogens with two attached hydrogens (primary N) is 1. The topological polar surface area (TPSA) is 92.4 Å². The quantitative estimate of drug-likeness (QED) is 0.725. The van der Waals surface area contributed by atoms with Crippen molar-refractivity contribution in [1.82, 2.24) is 5.32 Å². The van der Waals surface area contributed by atoms with Crippen LogP contribution in [0.2, 0.25) is 0 Å². The average molecular weight is 298 g/mol. The van der Waals surface area contributed by atoms with Crippen molar-refractivity contribution < 1.29 is 14.7 Å². The maximum Gasteiger partial charge on any atom is 0.303 e. The van der Waals surface area contributed by atoms with E-state index >= 15 is 0 Å². The van der Waals surface area contributed by atoms with Crippen LogP contribution in [-0.4, -0.2) is 28.6 Å². The first-order valence-electron chi connectivity index (χ1n) is 7.77. The van der Waals surface area contributed by atoms with E-state index in [-0.39, 0.29) is 35.6 Å². The lowest BCUT2D eigenvalue weighted by Gasteiger charge is -2.46. The number of rotatable bonds is 5. The molecule has 1 aliphatic carbocycles. The molecule has 0 spiro atoms. The lowest BCUT2D eigenvalue weighted by molar-refractivity contribution is -0.139. The van der Waals surface area contributed by atoms with Crippen LogP contribution in [0.4, 0.5) is 0 Å². The van der Waals surface area contributed by atoms with E-state index in [1.54, 1.807) is 0 Å². The fourth-order valence-electron chi connectivity index (χ4n) is 3.22. The Morgan fingerprint density at radius 3 is 2.43 bits per heavy atom. The summed E-state index contributed by atoms with van der Waals surface area (Å²) in [5.74, 6) is -0.607. The molecule has 3 atom stereocenters. The highest BCUT2D eigenvalue weighted by molar-refractivity contribution is 5.80. The van der Waals surface area contributed by atoms with Crippen molar-refractivity contribution in [2.24, 2.45) is 23.0 Å². The maximum absolute atomic E-state index is 12.6. The predicted molar refractivity (Wildman–Crippen MR) is 82.7 cm³/mol. The summed E-state index contributed by atoms with van der Waals surface area (Å²) in [4.78, 5) is 23.3. The summed E-state index contributed by atoms with van der Waals surface area (Å²) in [5.41, 5.74) is 5.47. The normalized spacial score (nSPS) is 29.0. The third kappa shape index (κ3) is 4.43. The van der Waals surface area contributed by atoms with Gasteiger partial charge in [-0.25, -0.2) is 0 Å². The SMILES string of the molecule is CC1C(N)CCC(C(=O)NC(C)(C)CCC(=O)O)C1(C)C. The highest BCUT2D eigenvalue weighted by atomic mass is 16.4. The first kappa shape index (κ1) is 18.0. The van der Waals surface area contributed by atoms with E-state index in [2.05, 4.69) is 26.1 Å². The summed E-state index contributed by atoms with van der Waals surface area (Å²) in [6, 6.07) is 0.143. The van der Waals surface area contributed by atoms with Gasteiger partial charge in [-0.2, -0.15) is 0 Å². The fourth-order valence-corrected chi connectivity index (χ4v) is 3.22. The Balaban J connectivity index is 2.72. The zero-order valence-corrected chi connectivity index (χ0v) is 13.9. The van der Waals surface area contributed by atoms with Gasteiger partial charge in [0.2, 0.25) is 5.91 Å². The Kier molecular flexibility index (Phi) is 5.42. The van der Waals surface area contributed by atoms with Gasteiger partial charge in [-0.1, -0.05) is 20.8 Å². The van der Waals surface area contributed by atoms with Crippen LogP contribution in [0, 0.1) is 17.3 Å².